The van der Waals surface area contributed by atoms with Gasteiger partial charge >= 0.3 is 6.09 Å². The Morgan fingerprint density at radius 3 is 2.38 bits per heavy atom. The second-order valence-electron chi connectivity index (χ2n) is 9.97. The van der Waals surface area contributed by atoms with E-state index in [2.05, 4.69) is 4.90 Å². The zero-order valence-corrected chi connectivity index (χ0v) is 19.4. The zero-order chi connectivity index (χ0) is 23.1. The summed E-state index contributed by atoms with van der Waals surface area (Å²) in [7, 11) is 2.84. The van der Waals surface area contributed by atoms with Gasteiger partial charge in [0.05, 0.1) is 26.3 Å². The Bertz CT molecular complexity index is 710. The number of halogens is 2. The van der Waals surface area contributed by atoms with Crippen LogP contribution in [0.3, 0.4) is 0 Å². The molecule has 0 aromatic carbocycles. The van der Waals surface area contributed by atoms with Crippen molar-refractivity contribution in [3.63, 3.8) is 0 Å². The molecule has 0 aromatic rings. The highest BCUT2D eigenvalue weighted by Gasteiger charge is 2.53. The van der Waals surface area contributed by atoms with E-state index in [1.165, 1.54) is 14.2 Å². The molecule has 1 saturated carbocycles. The minimum atomic E-state index is -2.85. The number of carbonyl (C=O) groups excluding carboxylic acids is 2. The Morgan fingerprint density at radius 1 is 1.06 bits per heavy atom. The fourth-order valence-corrected chi connectivity index (χ4v) is 6.17. The molecule has 10 heteroatoms. The van der Waals surface area contributed by atoms with Crippen molar-refractivity contribution >= 4 is 12.0 Å². The van der Waals surface area contributed by atoms with E-state index in [9.17, 15) is 18.4 Å². The Hall–Kier alpha value is -1.52. The molecule has 182 valence electrons. The molecule has 0 radical (unpaired) electrons. The van der Waals surface area contributed by atoms with Gasteiger partial charge in [-0.2, -0.15) is 0 Å². The van der Waals surface area contributed by atoms with Crippen molar-refractivity contribution < 1.29 is 27.9 Å². The molecule has 4 aliphatic rings. The first-order valence-corrected chi connectivity index (χ1v) is 11.8. The standard InChI is InChI=1S/C22H36F2N4O4/c1-4-32-20(30)27-10-7-21(14-27)11-17(12-21)26-8-5-16(6-9-26)28-15-22(23,24)13-18(28)19(29)25(2)31-3/h16-18H,4-15H2,1-3H3/t17?,18-,21?/m1/s1. The molecule has 2 amide bonds. The molecule has 0 N–H and O–H groups in total. The molecule has 4 rings (SSSR count). The summed E-state index contributed by atoms with van der Waals surface area (Å²) in [5.41, 5.74) is 0.216. The minimum Gasteiger partial charge on any atom is -0.450 e. The van der Waals surface area contributed by atoms with E-state index in [0.717, 1.165) is 63.3 Å². The fraction of sp³-hybridized carbons (Fsp3) is 0.909. The zero-order valence-electron chi connectivity index (χ0n) is 19.4. The fourth-order valence-electron chi connectivity index (χ4n) is 6.17. The normalized spacial score (nSPS) is 33.5. The van der Waals surface area contributed by atoms with Crippen molar-refractivity contribution in [1.82, 2.24) is 19.8 Å². The number of alkyl halides is 2. The molecule has 8 nitrogen and oxygen atoms in total. The van der Waals surface area contributed by atoms with Crippen LogP contribution < -0.4 is 0 Å². The third-order valence-corrected chi connectivity index (χ3v) is 7.96. The van der Waals surface area contributed by atoms with Crippen LogP contribution in [-0.4, -0.2) is 109 Å². The SMILES string of the molecule is CCOC(=O)N1CCC2(CC(N3CCC(N4CC(F)(F)C[C@@H]4C(=O)N(C)OC)CC3)C2)C1. The predicted octanol–water partition coefficient (Wildman–Crippen LogP) is 2.19. The summed E-state index contributed by atoms with van der Waals surface area (Å²) < 4.78 is 33.5. The number of hydrogen-bond acceptors (Lipinski definition) is 6. The van der Waals surface area contributed by atoms with E-state index in [1.54, 1.807) is 4.90 Å². The number of hydrogen-bond donors (Lipinski definition) is 0. The van der Waals surface area contributed by atoms with E-state index in [-0.39, 0.29) is 24.1 Å². The van der Waals surface area contributed by atoms with E-state index >= 15 is 0 Å². The smallest absolute Gasteiger partial charge is 0.409 e. The maximum absolute atomic E-state index is 14.2. The predicted molar refractivity (Wildman–Crippen MR) is 113 cm³/mol. The van der Waals surface area contributed by atoms with Crippen LogP contribution in [0.2, 0.25) is 0 Å². The van der Waals surface area contributed by atoms with Crippen LogP contribution in [0.4, 0.5) is 13.6 Å². The Balaban J connectivity index is 1.28. The highest BCUT2D eigenvalue weighted by Crippen LogP contribution is 2.50. The van der Waals surface area contributed by atoms with Gasteiger partial charge in [-0.3, -0.25) is 14.5 Å². The second-order valence-corrected chi connectivity index (χ2v) is 9.97. The lowest BCUT2D eigenvalue weighted by molar-refractivity contribution is -0.174. The van der Waals surface area contributed by atoms with Crippen LogP contribution in [0.5, 0.6) is 0 Å². The number of likely N-dealkylation sites (tertiary alicyclic amines) is 3. The lowest BCUT2D eigenvalue weighted by Gasteiger charge is -2.52. The first-order valence-electron chi connectivity index (χ1n) is 11.8. The van der Waals surface area contributed by atoms with Gasteiger partial charge in [0.1, 0.15) is 0 Å². The maximum atomic E-state index is 14.2. The largest absolute Gasteiger partial charge is 0.450 e. The summed E-state index contributed by atoms with van der Waals surface area (Å²) in [5.74, 6) is -3.25. The van der Waals surface area contributed by atoms with Crippen molar-refractivity contribution in [3.05, 3.63) is 0 Å². The average molecular weight is 459 g/mol. The van der Waals surface area contributed by atoms with E-state index in [1.807, 2.05) is 11.8 Å². The number of carbonyl (C=O) groups is 2. The third kappa shape index (κ3) is 4.59. The van der Waals surface area contributed by atoms with Gasteiger partial charge < -0.3 is 14.5 Å². The monoisotopic (exact) mass is 458 g/mol. The molecule has 0 bridgehead atoms. The van der Waals surface area contributed by atoms with Gasteiger partial charge in [0.15, 0.2) is 0 Å². The molecule has 3 heterocycles. The van der Waals surface area contributed by atoms with Gasteiger partial charge in [0, 0.05) is 38.6 Å². The van der Waals surface area contributed by atoms with Gasteiger partial charge in [0.2, 0.25) is 0 Å². The minimum absolute atomic E-state index is 0.0151. The van der Waals surface area contributed by atoms with Gasteiger partial charge in [-0.1, -0.05) is 0 Å². The molecule has 1 spiro atoms. The summed E-state index contributed by atoms with van der Waals surface area (Å²) in [6.45, 7) is 5.12. The van der Waals surface area contributed by atoms with Crippen molar-refractivity contribution in [2.24, 2.45) is 5.41 Å². The Labute approximate surface area is 188 Å². The highest BCUT2D eigenvalue weighted by molar-refractivity contribution is 5.81. The quantitative estimate of drug-likeness (QED) is 0.589. The summed E-state index contributed by atoms with van der Waals surface area (Å²) in [6, 6.07) is -0.348. The number of ether oxygens (including phenoxy) is 1. The van der Waals surface area contributed by atoms with E-state index in [0.29, 0.717) is 12.6 Å². The van der Waals surface area contributed by atoms with Crippen molar-refractivity contribution in [3.8, 4) is 0 Å². The Morgan fingerprint density at radius 2 is 1.75 bits per heavy atom. The van der Waals surface area contributed by atoms with E-state index < -0.39 is 24.3 Å². The number of amides is 2. The highest BCUT2D eigenvalue weighted by atomic mass is 19.3. The molecule has 1 aliphatic carbocycles. The van der Waals surface area contributed by atoms with Crippen LogP contribution >= 0.6 is 0 Å². The number of rotatable bonds is 5. The number of piperidine rings is 1. The van der Waals surface area contributed by atoms with Crippen LogP contribution in [0.15, 0.2) is 0 Å². The van der Waals surface area contributed by atoms with Crippen LogP contribution in [0, 0.1) is 5.41 Å². The van der Waals surface area contributed by atoms with Crippen molar-refractivity contribution in [1.29, 1.82) is 0 Å². The topological polar surface area (TPSA) is 65.6 Å². The summed E-state index contributed by atoms with van der Waals surface area (Å²) >= 11 is 0. The first-order chi connectivity index (χ1) is 15.2. The van der Waals surface area contributed by atoms with Gasteiger partial charge in [-0.25, -0.2) is 18.6 Å². The lowest BCUT2D eigenvalue weighted by Crippen LogP contribution is -2.57. The van der Waals surface area contributed by atoms with E-state index in [4.69, 9.17) is 9.57 Å². The van der Waals surface area contributed by atoms with Crippen molar-refractivity contribution in [2.75, 3.05) is 53.5 Å². The second kappa shape index (κ2) is 9.02. The molecule has 1 atom stereocenters. The first kappa shape index (κ1) is 23.6. The van der Waals surface area contributed by atoms with Crippen LogP contribution in [0.25, 0.3) is 0 Å². The summed E-state index contributed by atoms with van der Waals surface area (Å²) in [5, 5.41) is 1.06. The van der Waals surface area contributed by atoms with Crippen LogP contribution in [0.1, 0.15) is 45.4 Å². The molecular formula is C22H36F2N4O4. The average Bonchev–Trinajstić information content (AvgIpc) is 3.33. The van der Waals surface area contributed by atoms with Gasteiger partial charge in [-0.05, 0) is 57.5 Å². The molecular weight excluding hydrogens is 422 g/mol. The summed E-state index contributed by atoms with van der Waals surface area (Å²) in [6.07, 6.45) is 4.11. The molecule has 0 unspecified atom stereocenters. The molecule has 32 heavy (non-hydrogen) atoms. The van der Waals surface area contributed by atoms with Gasteiger partial charge in [0.25, 0.3) is 11.8 Å². The molecule has 0 aromatic heterocycles. The third-order valence-electron chi connectivity index (χ3n) is 7.96. The number of hydroxylamine groups is 2. The lowest BCUT2D eigenvalue weighted by atomic mass is 9.64. The van der Waals surface area contributed by atoms with Gasteiger partial charge in [-0.15, -0.1) is 0 Å². The maximum Gasteiger partial charge on any atom is 0.409 e. The Kier molecular flexibility index (Phi) is 6.66. The molecule has 3 saturated heterocycles. The van der Waals surface area contributed by atoms with Crippen molar-refractivity contribution in [2.45, 2.75) is 69.5 Å². The van der Waals surface area contributed by atoms with Crippen LogP contribution in [-0.2, 0) is 14.4 Å². The molecule has 3 aliphatic heterocycles. The number of nitrogens with zero attached hydrogens (tertiary/aromatic N) is 4. The molecule has 4 fully saturated rings. The summed E-state index contributed by atoms with van der Waals surface area (Å²) in [4.78, 5) is 35.5. The number of likely N-dealkylation sites (N-methyl/N-ethyl adjacent to an activating group) is 1.